The molecular weight excluding hydrogens is 476 g/mol. The molecule has 11 heteroatoms. The molecule has 0 spiro atoms. The minimum atomic E-state index is -1.06. The average Bonchev–Trinajstić information content (AvgIpc) is 3.27. The maximum absolute atomic E-state index is 10.8. The van der Waals surface area contributed by atoms with E-state index in [9.17, 15) is 4.79 Å². The van der Waals surface area contributed by atoms with Gasteiger partial charge in [0.1, 0.15) is 11.3 Å². The van der Waals surface area contributed by atoms with Gasteiger partial charge in [0.25, 0.3) is 0 Å². The van der Waals surface area contributed by atoms with Crippen LogP contribution >= 0.6 is 0 Å². The van der Waals surface area contributed by atoms with E-state index in [2.05, 4.69) is 19.8 Å². The number of hydrogen-bond donors (Lipinski definition) is 2. The highest BCUT2D eigenvalue weighted by Crippen LogP contribution is 2.30. The van der Waals surface area contributed by atoms with E-state index in [4.69, 9.17) is 30.0 Å². The molecule has 0 bridgehead atoms. The fraction of sp³-hybridized carbons (Fsp3) is 0.346. The Morgan fingerprint density at radius 2 is 1.95 bits per heavy atom. The number of hydrogen-bond acceptors (Lipinski definition) is 9. The van der Waals surface area contributed by atoms with E-state index in [0.29, 0.717) is 55.5 Å². The van der Waals surface area contributed by atoms with Crippen molar-refractivity contribution in [1.82, 2.24) is 14.5 Å². The highest BCUT2D eigenvalue weighted by Gasteiger charge is 2.17. The summed E-state index contributed by atoms with van der Waals surface area (Å²) >= 11 is 0. The number of carbonyl (C=O) groups is 1. The van der Waals surface area contributed by atoms with Crippen LogP contribution in [-0.2, 0) is 29.0 Å². The van der Waals surface area contributed by atoms with Crippen molar-refractivity contribution in [2.45, 2.75) is 25.9 Å². The van der Waals surface area contributed by atoms with Crippen molar-refractivity contribution in [3.63, 3.8) is 0 Å². The Kier molecular flexibility index (Phi) is 8.47. The number of anilines is 1. The topological polar surface area (TPSA) is 146 Å². The quantitative estimate of drug-likeness (QED) is 0.205. The second kappa shape index (κ2) is 12.1. The first-order valence-electron chi connectivity index (χ1n) is 11.9. The van der Waals surface area contributed by atoms with Crippen LogP contribution in [0.1, 0.15) is 17.8 Å². The fourth-order valence-electron chi connectivity index (χ4n) is 4.10. The first-order valence-corrected chi connectivity index (χ1v) is 11.9. The van der Waals surface area contributed by atoms with Crippen molar-refractivity contribution in [2.24, 2.45) is 10.2 Å². The van der Waals surface area contributed by atoms with Gasteiger partial charge < -0.3 is 29.6 Å². The van der Waals surface area contributed by atoms with Crippen molar-refractivity contribution < 1.29 is 24.1 Å². The number of aryl methyl sites for hydroxylation is 1. The van der Waals surface area contributed by atoms with E-state index in [1.807, 2.05) is 30.3 Å². The minimum Gasteiger partial charge on any atom is -0.493 e. The van der Waals surface area contributed by atoms with Crippen molar-refractivity contribution in [2.75, 3.05) is 39.7 Å². The predicted octanol–water partition coefficient (Wildman–Crippen LogP) is 3.87. The van der Waals surface area contributed by atoms with Crippen LogP contribution in [0.3, 0.4) is 0 Å². The maximum Gasteiger partial charge on any atom is 0.341 e. The molecule has 0 amide bonds. The normalized spacial score (nSPS) is 11.5. The van der Waals surface area contributed by atoms with E-state index in [0.717, 1.165) is 34.2 Å². The molecule has 0 aliphatic heterocycles. The maximum atomic E-state index is 10.8. The Morgan fingerprint density at radius 3 is 2.73 bits per heavy atom. The number of ether oxygens (including phenoxy) is 3. The summed E-state index contributed by atoms with van der Waals surface area (Å²) in [7, 11) is 3.17. The number of rotatable bonds is 13. The summed E-state index contributed by atoms with van der Waals surface area (Å²) in [5.74, 6) is 1.06. The number of imidazole rings is 1. The lowest BCUT2D eigenvalue weighted by Gasteiger charge is -2.10. The van der Waals surface area contributed by atoms with Gasteiger partial charge >= 0.3 is 5.97 Å². The number of carboxylic acids is 1. The molecule has 0 saturated heterocycles. The summed E-state index contributed by atoms with van der Waals surface area (Å²) in [5.41, 5.74) is 9.59. The fourth-order valence-corrected chi connectivity index (χ4v) is 4.10. The van der Waals surface area contributed by atoms with Gasteiger partial charge in [-0.1, -0.05) is 24.3 Å². The van der Waals surface area contributed by atoms with E-state index in [-0.39, 0.29) is 0 Å². The van der Waals surface area contributed by atoms with E-state index in [1.54, 1.807) is 19.2 Å². The third-order valence-corrected chi connectivity index (χ3v) is 5.79. The van der Waals surface area contributed by atoms with Crippen LogP contribution < -0.4 is 15.2 Å². The van der Waals surface area contributed by atoms with Crippen LogP contribution in [0.5, 0.6) is 11.5 Å². The number of aromatic nitrogens is 3. The van der Waals surface area contributed by atoms with E-state index >= 15 is 0 Å². The molecule has 0 aliphatic rings. The van der Waals surface area contributed by atoms with Crippen LogP contribution in [0.4, 0.5) is 5.82 Å². The highest BCUT2D eigenvalue weighted by atomic mass is 16.5. The van der Waals surface area contributed by atoms with Gasteiger partial charge in [0.15, 0.2) is 23.9 Å². The third kappa shape index (κ3) is 6.12. The second-order valence-corrected chi connectivity index (χ2v) is 8.32. The number of aliphatic carboxylic acids is 1. The molecule has 0 radical (unpaired) electrons. The standard InChI is InChI=1S/C26H30N6O5/c1-35-13-10-22-31-24-25(18-6-3-4-7-19(18)30-26(24)27)32(22)12-5-11-28-29-15-17-8-9-20(36-2)21(14-17)37-16-23(33)34/h3-4,6-9,14H,5,10-13,15-16H2,1-2H3,(H2,27,30)(H,33,34)/b29-28+. The zero-order valence-corrected chi connectivity index (χ0v) is 20.9. The lowest BCUT2D eigenvalue weighted by atomic mass is 10.2. The molecule has 0 aliphatic carbocycles. The summed E-state index contributed by atoms with van der Waals surface area (Å²) in [6.07, 6.45) is 1.41. The highest BCUT2D eigenvalue weighted by molar-refractivity contribution is 6.06. The lowest BCUT2D eigenvalue weighted by Crippen LogP contribution is -2.10. The molecule has 0 unspecified atom stereocenters. The molecular formula is C26H30N6O5. The summed E-state index contributed by atoms with van der Waals surface area (Å²) < 4.78 is 18.0. The van der Waals surface area contributed by atoms with Crippen LogP contribution in [0.2, 0.25) is 0 Å². The zero-order valence-electron chi connectivity index (χ0n) is 20.9. The largest absolute Gasteiger partial charge is 0.493 e. The summed E-state index contributed by atoms with van der Waals surface area (Å²) in [6, 6.07) is 13.2. The Balaban J connectivity index is 1.45. The number of pyridine rings is 1. The molecule has 194 valence electrons. The second-order valence-electron chi connectivity index (χ2n) is 8.32. The van der Waals surface area contributed by atoms with Gasteiger partial charge in [-0.2, -0.15) is 10.2 Å². The minimum absolute atomic E-state index is 0.341. The van der Waals surface area contributed by atoms with E-state index in [1.165, 1.54) is 7.11 Å². The molecule has 37 heavy (non-hydrogen) atoms. The van der Waals surface area contributed by atoms with Crippen molar-refractivity contribution in [1.29, 1.82) is 0 Å². The zero-order chi connectivity index (χ0) is 26.2. The van der Waals surface area contributed by atoms with Crippen molar-refractivity contribution >= 4 is 33.7 Å². The lowest BCUT2D eigenvalue weighted by molar-refractivity contribution is -0.139. The Hall–Kier alpha value is -4.25. The average molecular weight is 507 g/mol. The number of nitrogens with zero attached hydrogens (tertiary/aromatic N) is 5. The monoisotopic (exact) mass is 506 g/mol. The van der Waals surface area contributed by atoms with Gasteiger partial charge in [0.2, 0.25) is 0 Å². The number of benzene rings is 2. The SMILES string of the molecule is COCCc1nc2c(N)nc3ccccc3c2n1CCC/N=N/Cc1ccc(OC)c(OCC(=O)O)c1. The van der Waals surface area contributed by atoms with Crippen LogP contribution in [0, 0.1) is 0 Å². The van der Waals surface area contributed by atoms with Gasteiger partial charge in [-0.15, -0.1) is 0 Å². The van der Waals surface area contributed by atoms with Crippen molar-refractivity contribution in [3.8, 4) is 11.5 Å². The molecule has 3 N–H and O–H groups in total. The number of methoxy groups -OCH3 is 2. The van der Waals surface area contributed by atoms with Gasteiger partial charge in [0, 0.05) is 25.5 Å². The summed E-state index contributed by atoms with van der Waals surface area (Å²) in [4.78, 5) is 20.1. The molecule has 11 nitrogen and oxygen atoms in total. The van der Waals surface area contributed by atoms with Gasteiger partial charge in [-0.05, 0) is 30.2 Å². The molecule has 0 fully saturated rings. The molecule has 4 rings (SSSR count). The molecule has 0 atom stereocenters. The summed E-state index contributed by atoms with van der Waals surface area (Å²) in [6.45, 7) is 1.66. The van der Waals surface area contributed by atoms with Crippen LogP contribution in [0.15, 0.2) is 52.7 Å². The van der Waals surface area contributed by atoms with Gasteiger partial charge in [-0.3, -0.25) is 0 Å². The summed E-state index contributed by atoms with van der Waals surface area (Å²) in [5, 5.41) is 18.5. The van der Waals surface area contributed by atoms with Crippen molar-refractivity contribution in [3.05, 3.63) is 53.9 Å². The van der Waals surface area contributed by atoms with Crippen LogP contribution in [-0.4, -0.2) is 59.6 Å². The number of fused-ring (bicyclic) bond motifs is 3. The third-order valence-electron chi connectivity index (χ3n) is 5.79. The molecule has 4 aromatic rings. The van der Waals surface area contributed by atoms with Gasteiger partial charge in [0.05, 0.1) is 37.8 Å². The number of nitrogens with two attached hydrogens (primary N) is 1. The first-order chi connectivity index (χ1) is 18.0. The number of carboxylic acid groups (broad SMARTS) is 1. The smallest absolute Gasteiger partial charge is 0.341 e. The Labute approximate surface area is 213 Å². The first kappa shape index (κ1) is 25.8. The number of para-hydroxylation sites is 1. The Morgan fingerprint density at radius 1 is 1.11 bits per heavy atom. The predicted molar refractivity (Wildman–Crippen MR) is 139 cm³/mol. The molecule has 0 saturated carbocycles. The number of nitrogen functional groups attached to an aromatic ring is 1. The van der Waals surface area contributed by atoms with Crippen LogP contribution in [0.25, 0.3) is 21.9 Å². The molecule has 2 aromatic carbocycles. The Bertz CT molecular complexity index is 1420. The molecule has 2 aromatic heterocycles. The van der Waals surface area contributed by atoms with Gasteiger partial charge in [-0.25, -0.2) is 14.8 Å². The number of azo groups is 1. The molecule has 2 heterocycles. The van der Waals surface area contributed by atoms with E-state index < -0.39 is 12.6 Å².